The number of halogens is 5. The van der Waals surface area contributed by atoms with Crippen LogP contribution in [0.25, 0.3) is 0 Å². The highest BCUT2D eigenvalue weighted by atomic mass is 35.5. The topological polar surface area (TPSA) is 41.5 Å². The van der Waals surface area contributed by atoms with Gasteiger partial charge in [0.05, 0.1) is 22.8 Å². The molecule has 3 unspecified atom stereocenters. The summed E-state index contributed by atoms with van der Waals surface area (Å²) in [5.74, 6) is -1.16. The van der Waals surface area contributed by atoms with Crippen molar-refractivity contribution in [2.24, 2.45) is 5.92 Å². The van der Waals surface area contributed by atoms with Crippen LogP contribution in [0.4, 0.5) is 13.2 Å². The van der Waals surface area contributed by atoms with Gasteiger partial charge in [-0.25, -0.2) is 0 Å². The van der Waals surface area contributed by atoms with Crippen molar-refractivity contribution in [3.05, 3.63) is 33.8 Å². The van der Waals surface area contributed by atoms with Crippen LogP contribution in [0.2, 0.25) is 10.0 Å². The van der Waals surface area contributed by atoms with E-state index < -0.39 is 24.3 Å². The SMILES string of the molecule is OC(C1CNCCOC1c1ccc(Cl)c(Cl)c1)C(F)(F)F. The maximum atomic E-state index is 12.8. The average molecular weight is 344 g/mol. The maximum Gasteiger partial charge on any atom is 0.414 e. The Morgan fingerprint density at radius 3 is 2.62 bits per heavy atom. The lowest BCUT2D eigenvalue weighted by atomic mass is 9.90. The largest absolute Gasteiger partial charge is 0.414 e. The van der Waals surface area contributed by atoms with Crippen LogP contribution in [-0.2, 0) is 4.74 Å². The first-order chi connectivity index (χ1) is 9.80. The summed E-state index contributed by atoms with van der Waals surface area (Å²) in [7, 11) is 0. The second-order valence-corrected chi connectivity index (χ2v) is 5.63. The molecule has 1 fully saturated rings. The maximum absolute atomic E-state index is 12.8. The van der Waals surface area contributed by atoms with Crippen LogP contribution in [0.5, 0.6) is 0 Å². The van der Waals surface area contributed by atoms with Crippen molar-refractivity contribution < 1.29 is 23.0 Å². The lowest BCUT2D eigenvalue weighted by molar-refractivity contribution is -0.229. The molecule has 118 valence electrons. The van der Waals surface area contributed by atoms with Gasteiger partial charge in [0.15, 0.2) is 6.10 Å². The highest BCUT2D eigenvalue weighted by Gasteiger charge is 2.47. The number of benzene rings is 1. The molecular formula is C13H14Cl2F3NO2. The minimum Gasteiger partial charge on any atom is -0.383 e. The van der Waals surface area contributed by atoms with Crippen molar-refractivity contribution in [3.63, 3.8) is 0 Å². The van der Waals surface area contributed by atoms with Gasteiger partial charge in [-0.2, -0.15) is 13.2 Å². The first-order valence-electron chi connectivity index (χ1n) is 6.32. The van der Waals surface area contributed by atoms with Crippen molar-refractivity contribution in [3.8, 4) is 0 Å². The number of alkyl halides is 3. The Labute approximate surface area is 130 Å². The standard InChI is InChI=1S/C13H14Cl2F3NO2/c14-9-2-1-7(5-10(9)15)11-8(6-19-3-4-21-11)12(20)13(16,17)18/h1-2,5,8,11-12,19-20H,3-4,6H2. The van der Waals surface area contributed by atoms with Crippen LogP contribution in [-0.4, -0.2) is 37.1 Å². The lowest BCUT2D eigenvalue weighted by Crippen LogP contribution is -2.43. The molecule has 0 radical (unpaired) electrons. The third-order valence-electron chi connectivity index (χ3n) is 3.36. The summed E-state index contributed by atoms with van der Waals surface area (Å²) in [4.78, 5) is 0. The van der Waals surface area contributed by atoms with Crippen molar-refractivity contribution in [1.82, 2.24) is 5.32 Å². The first kappa shape index (κ1) is 16.8. The zero-order valence-electron chi connectivity index (χ0n) is 10.8. The molecule has 1 aliphatic heterocycles. The van der Waals surface area contributed by atoms with Crippen molar-refractivity contribution in [2.45, 2.75) is 18.4 Å². The van der Waals surface area contributed by atoms with E-state index in [1.165, 1.54) is 12.1 Å². The third-order valence-corrected chi connectivity index (χ3v) is 4.10. The molecule has 0 bridgehead atoms. The molecule has 8 heteroatoms. The number of rotatable bonds is 2. The third kappa shape index (κ3) is 4.02. The molecule has 3 nitrogen and oxygen atoms in total. The van der Waals surface area contributed by atoms with Gasteiger partial charge in [-0.05, 0) is 17.7 Å². The Morgan fingerprint density at radius 2 is 2.00 bits per heavy atom. The summed E-state index contributed by atoms with van der Waals surface area (Å²) >= 11 is 11.7. The smallest absolute Gasteiger partial charge is 0.383 e. The molecule has 0 saturated carbocycles. The first-order valence-corrected chi connectivity index (χ1v) is 7.08. The molecule has 1 heterocycles. The number of hydrogen-bond donors (Lipinski definition) is 2. The van der Waals surface area contributed by atoms with Crippen molar-refractivity contribution in [1.29, 1.82) is 0 Å². The van der Waals surface area contributed by atoms with Gasteiger partial charge < -0.3 is 15.2 Å². The van der Waals surface area contributed by atoms with E-state index in [-0.39, 0.29) is 18.2 Å². The number of hydrogen-bond acceptors (Lipinski definition) is 3. The zero-order chi connectivity index (χ0) is 15.6. The normalized spacial score (nSPS) is 25.4. The molecule has 0 spiro atoms. The molecule has 1 saturated heterocycles. The van der Waals surface area contributed by atoms with Crippen LogP contribution >= 0.6 is 23.2 Å². The fourth-order valence-corrected chi connectivity index (χ4v) is 2.62. The van der Waals surface area contributed by atoms with E-state index in [1.54, 1.807) is 6.07 Å². The van der Waals surface area contributed by atoms with Gasteiger partial charge in [-0.3, -0.25) is 0 Å². The molecule has 0 amide bonds. The van der Waals surface area contributed by atoms with E-state index in [2.05, 4.69) is 5.32 Å². The van der Waals surface area contributed by atoms with Gasteiger partial charge in [-0.15, -0.1) is 0 Å². The van der Waals surface area contributed by atoms with Crippen molar-refractivity contribution in [2.75, 3.05) is 19.7 Å². The van der Waals surface area contributed by atoms with Crippen LogP contribution in [0.15, 0.2) is 18.2 Å². The Kier molecular flexibility index (Phi) is 5.38. The van der Waals surface area contributed by atoms with E-state index in [0.717, 1.165) is 0 Å². The summed E-state index contributed by atoms with van der Waals surface area (Å²) in [6.07, 6.45) is -8.11. The van der Waals surface area contributed by atoms with E-state index >= 15 is 0 Å². The van der Waals surface area contributed by atoms with Crippen LogP contribution in [0, 0.1) is 5.92 Å². The summed E-state index contributed by atoms with van der Waals surface area (Å²) in [6.45, 7) is 0.649. The molecule has 1 aromatic rings. The molecule has 3 atom stereocenters. The Bertz CT molecular complexity index is 499. The van der Waals surface area contributed by atoms with Crippen LogP contribution in [0.3, 0.4) is 0 Å². The Balaban J connectivity index is 2.33. The molecular weight excluding hydrogens is 330 g/mol. The van der Waals surface area contributed by atoms with Gasteiger partial charge in [0.2, 0.25) is 0 Å². The molecule has 2 N–H and O–H groups in total. The summed E-state index contributed by atoms with van der Waals surface area (Å²) in [5.41, 5.74) is 0.460. The van der Waals surface area contributed by atoms with Gasteiger partial charge in [0.1, 0.15) is 0 Å². The van der Waals surface area contributed by atoms with Gasteiger partial charge in [0.25, 0.3) is 0 Å². The second-order valence-electron chi connectivity index (χ2n) is 4.82. The fourth-order valence-electron chi connectivity index (χ4n) is 2.31. The van der Waals surface area contributed by atoms with E-state index in [9.17, 15) is 18.3 Å². The monoisotopic (exact) mass is 343 g/mol. The number of nitrogens with one attached hydrogen (secondary N) is 1. The highest BCUT2D eigenvalue weighted by Crippen LogP contribution is 2.37. The second kappa shape index (κ2) is 6.71. The molecule has 1 aromatic carbocycles. The van der Waals surface area contributed by atoms with Crippen LogP contribution in [0.1, 0.15) is 11.7 Å². The zero-order valence-corrected chi connectivity index (χ0v) is 12.3. The predicted octanol–water partition coefficient (Wildman–Crippen LogP) is 3.19. The number of ether oxygens (including phenoxy) is 1. The molecule has 2 rings (SSSR count). The summed E-state index contributed by atoms with van der Waals surface area (Å²) in [6, 6.07) is 4.52. The van der Waals surface area contributed by atoms with E-state index in [0.29, 0.717) is 17.1 Å². The molecule has 0 aromatic heterocycles. The predicted molar refractivity (Wildman–Crippen MR) is 73.6 cm³/mol. The minimum atomic E-state index is -4.71. The summed E-state index contributed by atoms with van der Waals surface area (Å²) in [5, 5.41) is 13.0. The number of aliphatic hydroxyl groups excluding tert-OH is 1. The Hall–Kier alpha value is -0.530. The van der Waals surface area contributed by atoms with Crippen molar-refractivity contribution >= 4 is 23.2 Å². The quantitative estimate of drug-likeness (QED) is 0.866. The van der Waals surface area contributed by atoms with E-state index in [1.807, 2.05) is 0 Å². The average Bonchev–Trinajstić information content (AvgIpc) is 2.65. The summed E-state index contributed by atoms with van der Waals surface area (Å²) < 4.78 is 43.9. The highest BCUT2D eigenvalue weighted by molar-refractivity contribution is 6.42. The molecule has 1 aliphatic rings. The molecule has 21 heavy (non-hydrogen) atoms. The minimum absolute atomic E-state index is 0.00834. The molecule has 0 aliphatic carbocycles. The Morgan fingerprint density at radius 1 is 1.29 bits per heavy atom. The van der Waals surface area contributed by atoms with Gasteiger partial charge in [0, 0.05) is 19.0 Å². The van der Waals surface area contributed by atoms with Gasteiger partial charge in [-0.1, -0.05) is 29.3 Å². The van der Waals surface area contributed by atoms with Crippen LogP contribution < -0.4 is 5.32 Å². The van der Waals surface area contributed by atoms with Gasteiger partial charge >= 0.3 is 6.18 Å². The van der Waals surface area contributed by atoms with E-state index in [4.69, 9.17) is 27.9 Å². The number of aliphatic hydroxyl groups is 1. The lowest BCUT2D eigenvalue weighted by Gasteiger charge is -2.30. The fraction of sp³-hybridized carbons (Fsp3) is 0.538.